The van der Waals surface area contributed by atoms with Gasteiger partial charge in [0.15, 0.2) is 0 Å². The fourth-order valence-corrected chi connectivity index (χ4v) is 4.58. The molecule has 3 aromatic carbocycles. The van der Waals surface area contributed by atoms with Crippen LogP contribution in [0.2, 0.25) is 0 Å². The molecule has 0 aromatic heterocycles. The summed E-state index contributed by atoms with van der Waals surface area (Å²) < 4.78 is 14.5. The van der Waals surface area contributed by atoms with E-state index in [-0.39, 0.29) is 28.6 Å². The highest BCUT2D eigenvalue weighted by atomic mass is 32.2. The molecule has 0 bridgehead atoms. The Labute approximate surface area is 179 Å². The number of benzene rings is 3. The lowest BCUT2D eigenvalue weighted by Gasteiger charge is -2.25. The summed E-state index contributed by atoms with van der Waals surface area (Å²) in [6, 6.07) is 19.4. The standard InChI is InChI=1S/C24H21FN2O2S/c1-15-6-9-17(10-7-15)23(29)26-19-5-3-4-18(13-19)24-27(22(28)14-30-24)21-12-16(2)8-11-20(21)25/h3-13,24H,14H2,1-2H3,(H,26,29)/t24-/m1/s1. The number of amides is 2. The van der Waals surface area contributed by atoms with Crippen LogP contribution in [0.4, 0.5) is 15.8 Å². The van der Waals surface area contributed by atoms with Gasteiger partial charge in [-0.3, -0.25) is 14.5 Å². The molecule has 6 heteroatoms. The third-order valence-electron chi connectivity index (χ3n) is 4.97. The normalized spacial score (nSPS) is 16.0. The Morgan fingerprint density at radius 2 is 1.77 bits per heavy atom. The maximum absolute atomic E-state index is 14.5. The summed E-state index contributed by atoms with van der Waals surface area (Å²) in [5.41, 5.74) is 4.27. The summed E-state index contributed by atoms with van der Waals surface area (Å²) >= 11 is 1.44. The lowest BCUT2D eigenvalue weighted by Crippen LogP contribution is -2.28. The van der Waals surface area contributed by atoms with Crippen LogP contribution >= 0.6 is 11.8 Å². The Morgan fingerprint density at radius 1 is 1.03 bits per heavy atom. The lowest BCUT2D eigenvalue weighted by molar-refractivity contribution is -0.115. The Hall–Kier alpha value is -3.12. The van der Waals surface area contributed by atoms with Gasteiger partial charge in [-0.15, -0.1) is 11.8 Å². The van der Waals surface area contributed by atoms with Crippen molar-refractivity contribution in [3.8, 4) is 0 Å². The zero-order valence-corrected chi connectivity index (χ0v) is 17.5. The summed E-state index contributed by atoms with van der Waals surface area (Å²) in [4.78, 5) is 26.6. The molecule has 3 aromatic rings. The SMILES string of the molecule is Cc1ccc(C(=O)Nc2cccc([C@H]3SCC(=O)N3c3cc(C)ccc3F)c2)cc1. The Kier molecular flexibility index (Phi) is 5.59. The number of thioether (sulfide) groups is 1. The minimum Gasteiger partial charge on any atom is -0.322 e. The summed E-state index contributed by atoms with van der Waals surface area (Å²) in [6.07, 6.45) is 0. The van der Waals surface area contributed by atoms with Gasteiger partial charge >= 0.3 is 0 Å². The summed E-state index contributed by atoms with van der Waals surface area (Å²) in [5.74, 6) is -0.490. The van der Waals surface area contributed by atoms with E-state index in [0.29, 0.717) is 11.3 Å². The molecule has 1 atom stereocenters. The van der Waals surface area contributed by atoms with E-state index in [1.165, 1.54) is 22.7 Å². The second-order valence-corrected chi connectivity index (χ2v) is 8.40. The predicted molar refractivity (Wildman–Crippen MR) is 119 cm³/mol. The van der Waals surface area contributed by atoms with Crippen molar-refractivity contribution in [1.29, 1.82) is 0 Å². The number of carbonyl (C=O) groups excluding carboxylic acids is 2. The molecule has 0 unspecified atom stereocenters. The number of nitrogens with zero attached hydrogens (tertiary/aromatic N) is 1. The minimum atomic E-state index is -0.426. The number of halogens is 1. The van der Waals surface area contributed by atoms with Gasteiger partial charge in [0.2, 0.25) is 5.91 Å². The fraction of sp³-hybridized carbons (Fsp3) is 0.167. The molecule has 0 saturated carbocycles. The largest absolute Gasteiger partial charge is 0.322 e. The van der Waals surface area contributed by atoms with E-state index in [2.05, 4.69) is 5.32 Å². The Morgan fingerprint density at radius 3 is 2.53 bits per heavy atom. The third kappa shape index (κ3) is 4.09. The number of hydrogen-bond acceptors (Lipinski definition) is 3. The zero-order valence-electron chi connectivity index (χ0n) is 16.7. The minimum absolute atomic E-state index is 0.136. The number of nitrogens with one attached hydrogen (secondary N) is 1. The molecule has 4 rings (SSSR count). The van der Waals surface area contributed by atoms with Crippen LogP contribution in [0.25, 0.3) is 0 Å². The van der Waals surface area contributed by atoms with Crippen molar-refractivity contribution in [3.05, 3.63) is 94.8 Å². The summed E-state index contributed by atoms with van der Waals surface area (Å²) in [7, 11) is 0. The first-order valence-electron chi connectivity index (χ1n) is 9.60. The number of rotatable bonds is 4. The van der Waals surface area contributed by atoms with Crippen LogP contribution in [0, 0.1) is 19.7 Å². The van der Waals surface area contributed by atoms with Gasteiger partial charge in [-0.1, -0.05) is 35.9 Å². The lowest BCUT2D eigenvalue weighted by atomic mass is 10.1. The van der Waals surface area contributed by atoms with Crippen molar-refractivity contribution < 1.29 is 14.0 Å². The van der Waals surface area contributed by atoms with Gasteiger partial charge in [0.05, 0.1) is 11.4 Å². The molecule has 2 amide bonds. The molecule has 0 radical (unpaired) electrons. The van der Waals surface area contributed by atoms with Crippen molar-refractivity contribution in [2.24, 2.45) is 0 Å². The van der Waals surface area contributed by atoms with Crippen molar-refractivity contribution in [1.82, 2.24) is 0 Å². The number of carbonyl (C=O) groups is 2. The average Bonchev–Trinajstić information content (AvgIpc) is 3.12. The second kappa shape index (κ2) is 8.32. The van der Waals surface area contributed by atoms with Crippen molar-refractivity contribution >= 4 is 35.0 Å². The number of anilines is 2. The van der Waals surface area contributed by atoms with E-state index >= 15 is 0 Å². The first kappa shape index (κ1) is 20.2. The monoisotopic (exact) mass is 420 g/mol. The summed E-state index contributed by atoms with van der Waals surface area (Å²) in [6.45, 7) is 3.83. The van der Waals surface area contributed by atoms with Crippen LogP contribution in [0.5, 0.6) is 0 Å². The molecule has 1 heterocycles. The van der Waals surface area contributed by atoms with Crippen LogP contribution in [-0.2, 0) is 4.79 Å². The summed E-state index contributed by atoms with van der Waals surface area (Å²) in [5, 5.41) is 2.55. The van der Waals surface area contributed by atoms with E-state index in [9.17, 15) is 14.0 Å². The van der Waals surface area contributed by atoms with Crippen molar-refractivity contribution in [3.63, 3.8) is 0 Å². The van der Waals surface area contributed by atoms with E-state index in [4.69, 9.17) is 0 Å². The molecular weight excluding hydrogens is 399 g/mol. The third-order valence-corrected chi connectivity index (χ3v) is 6.18. The Balaban J connectivity index is 1.61. The molecule has 1 fully saturated rings. The van der Waals surface area contributed by atoms with Crippen LogP contribution in [-0.4, -0.2) is 17.6 Å². The highest BCUT2D eigenvalue weighted by Gasteiger charge is 2.35. The number of aryl methyl sites for hydroxylation is 2. The van der Waals surface area contributed by atoms with Gasteiger partial charge in [-0.05, 0) is 61.4 Å². The van der Waals surface area contributed by atoms with Crippen LogP contribution in [0.3, 0.4) is 0 Å². The van der Waals surface area contributed by atoms with E-state index < -0.39 is 5.82 Å². The van der Waals surface area contributed by atoms with Crippen LogP contribution < -0.4 is 10.2 Å². The fourth-order valence-electron chi connectivity index (χ4n) is 3.42. The zero-order chi connectivity index (χ0) is 21.3. The van der Waals surface area contributed by atoms with Gasteiger partial charge in [0.25, 0.3) is 5.91 Å². The topological polar surface area (TPSA) is 49.4 Å². The first-order chi connectivity index (χ1) is 14.4. The van der Waals surface area contributed by atoms with Crippen LogP contribution in [0.1, 0.15) is 32.4 Å². The highest BCUT2D eigenvalue weighted by molar-refractivity contribution is 8.00. The molecule has 152 valence electrons. The van der Waals surface area contributed by atoms with Crippen LogP contribution in [0.15, 0.2) is 66.7 Å². The second-order valence-electron chi connectivity index (χ2n) is 7.33. The van der Waals surface area contributed by atoms with Gasteiger partial charge in [-0.2, -0.15) is 0 Å². The molecule has 1 saturated heterocycles. The maximum atomic E-state index is 14.5. The smallest absolute Gasteiger partial charge is 0.255 e. The Bertz CT molecular complexity index is 1110. The number of hydrogen-bond donors (Lipinski definition) is 1. The van der Waals surface area contributed by atoms with E-state index in [1.54, 1.807) is 30.3 Å². The van der Waals surface area contributed by atoms with Gasteiger partial charge in [0, 0.05) is 11.3 Å². The molecule has 30 heavy (non-hydrogen) atoms. The van der Waals surface area contributed by atoms with Crippen molar-refractivity contribution in [2.45, 2.75) is 19.2 Å². The van der Waals surface area contributed by atoms with Gasteiger partial charge in [0.1, 0.15) is 11.2 Å². The molecular formula is C24H21FN2O2S. The predicted octanol–water partition coefficient (Wildman–Crippen LogP) is 5.47. The first-order valence-corrected chi connectivity index (χ1v) is 10.6. The average molecular weight is 421 g/mol. The molecule has 1 aliphatic rings. The van der Waals surface area contributed by atoms with Gasteiger partial charge in [-0.25, -0.2) is 4.39 Å². The molecule has 1 aliphatic heterocycles. The van der Waals surface area contributed by atoms with E-state index in [1.807, 2.05) is 44.2 Å². The van der Waals surface area contributed by atoms with E-state index in [0.717, 1.165) is 16.7 Å². The molecule has 0 aliphatic carbocycles. The van der Waals surface area contributed by atoms with Gasteiger partial charge < -0.3 is 5.32 Å². The highest BCUT2D eigenvalue weighted by Crippen LogP contribution is 2.43. The quantitative estimate of drug-likeness (QED) is 0.609. The maximum Gasteiger partial charge on any atom is 0.255 e. The molecule has 0 spiro atoms. The molecule has 4 nitrogen and oxygen atoms in total. The van der Waals surface area contributed by atoms with Crippen molar-refractivity contribution in [2.75, 3.05) is 16.0 Å². The molecule has 1 N–H and O–H groups in total.